The molecular formula is C19H25N5O3. The molecule has 8 nitrogen and oxygen atoms in total. The molecule has 1 saturated heterocycles. The molecule has 0 saturated carbocycles. The number of hydrogen-bond donors (Lipinski definition) is 2. The van der Waals surface area contributed by atoms with Crippen LogP contribution in [0.15, 0.2) is 30.5 Å². The van der Waals surface area contributed by atoms with Gasteiger partial charge in [-0.1, -0.05) is 6.07 Å². The van der Waals surface area contributed by atoms with Crippen LogP contribution in [0, 0.1) is 0 Å². The van der Waals surface area contributed by atoms with E-state index in [-0.39, 0.29) is 6.03 Å². The maximum absolute atomic E-state index is 12.3. The maximum Gasteiger partial charge on any atom is 0.319 e. The Kier molecular flexibility index (Phi) is 6.30. The van der Waals surface area contributed by atoms with Crippen LogP contribution in [0.25, 0.3) is 0 Å². The summed E-state index contributed by atoms with van der Waals surface area (Å²) in [7, 11) is 3.08. The minimum atomic E-state index is -0.348. The Morgan fingerprint density at radius 2 is 1.96 bits per heavy atom. The van der Waals surface area contributed by atoms with E-state index in [1.54, 1.807) is 37.6 Å². The summed E-state index contributed by atoms with van der Waals surface area (Å²) in [6.07, 6.45) is 5.32. The largest absolute Gasteiger partial charge is 0.493 e. The summed E-state index contributed by atoms with van der Waals surface area (Å²) in [5, 5.41) is 5.59. The average Bonchev–Trinajstić information content (AvgIpc) is 2.73. The van der Waals surface area contributed by atoms with Gasteiger partial charge in [0, 0.05) is 19.3 Å². The van der Waals surface area contributed by atoms with Crippen LogP contribution < -0.4 is 25.0 Å². The van der Waals surface area contributed by atoms with Gasteiger partial charge in [0.25, 0.3) is 0 Å². The van der Waals surface area contributed by atoms with Crippen LogP contribution >= 0.6 is 0 Å². The standard InChI is InChI=1S/C19H25N5O3/c1-26-16-8-6-7-15(17(16)27-2)23-19(25)21-13-14-9-10-20-18(22-14)24-11-4-3-5-12-24/h6-10H,3-5,11-13H2,1-2H3,(H2,21,23,25). The van der Waals surface area contributed by atoms with E-state index in [1.165, 1.54) is 13.5 Å². The third kappa shape index (κ3) is 4.78. The van der Waals surface area contributed by atoms with Gasteiger partial charge in [-0.2, -0.15) is 0 Å². The fourth-order valence-corrected chi connectivity index (χ4v) is 3.05. The fraction of sp³-hybridized carbons (Fsp3) is 0.421. The van der Waals surface area contributed by atoms with Gasteiger partial charge in [0.2, 0.25) is 5.95 Å². The summed E-state index contributed by atoms with van der Waals surface area (Å²) < 4.78 is 10.6. The molecule has 0 atom stereocenters. The topological polar surface area (TPSA) is 88.6 Å². The van der Waals surface area contributed by atoms with Crippen LogP contribution in [0.2, 0.25) is 0 Å². The van der Waals surface area contributed by atoms with Crippen molar-refractivity contribution in [2.24, 2.45) is 0 Å². The molecule has 1 fully saturated rings. The highest BCUT2D eigenvalue weighted by molar-refractivity contribution is 5.91. The van der Waals surface area contributed by atoms with Crippen molar-refractivity contribution in [2.75, 3.05) is 37.5 Å². The van der Waals surface area contributed by atoms with Crippen LogP contribution in [0.5, 0.6) is 11.5 Å². The predicted molar refractivity (Wildman–Crippen MR) is 104 cm³/mol. The molecule has 0 spiro atoms. The Hall–Kier alpha value is -3.03. The first-order valence-electron chi connectivity index (χ1n) is 9.04. The van der Waals surface area contributed by atoms with Gasteiger partial charge in [0.1, 0.15) is 0 Å². The second-order valence-corrected chi connectivity index (χ2v) is 6.24. The zero-order valence-electron chi connectivity index (χ0n) is 15.7. The Morgan fingerprint density at radius 3 is 2.70 bits per heavy atom. The van der Waals surface area contributed by atoms with Crippen LogP contribution in [-0.4, -0.2) is 43.3 Å². The van der Waals surface area contributed by atoms with Crippen molar-refractivity contribution >= 4 is 17.7 Å². The highest BCUT2D eigenvalue weighted by atomic mass is 16.5. The molecule has 1 aromatic heterocycles. The van der Waals surface area contributed by atoms with Crippen molar-refractivity contribution in [3.05, 3.63) is 36.2 Å². The minimum absolute atomic E-state index is 0.307. The molecule has 2 amide bonds. The van der Waals surface area contributed by atoms with Crippen molar-refractivity contribution in [3.63, 3.8) is 0 Å². The first kappa shape index (κ1) is 18.8. The molecule has 1 aromatic carbocycles. The number of nitrogens with one attached hydrogen (secondary N) is 2. The first-order valence-corrected chi connectivity index (χ1v) is 9.04. The van der Waals surface area contributed by atoms with Gasteiger partial charge < -0.3 is 25.0 Å². The van der Waals surface area contributed by atoms with E-state index < -0.39 is 0 Å². The third-order valence-electron chi connectivity index (χ3n) is 4.42. The number of urea groups is 1. The molecule has 1 aliphatic heterocycles. The van der Waals surface area contributed by atoms with Gasteiger partial charge in [-0.25, -0.2) is 14.8 Å². The molecule has 0 radical (unpaired) electrons. The minimum Gasteiger partial charge on any atom is -0.493 e. The molecule has 144 valence electrons. The van der Waals surface area contributed by atoms with Gasteiger partial charge in [0.15, 0.2) is 11.5 Å². The Bertz CT molecular complexity index is 778. The molecular weight excluding hydrogens is 346 g/mol. The third-order valence-corrected chi connectivity index (χ3v) is 4.42. The number of ether oxygens (including phenoxy) is 2. The molecule has 2 aromatic rings. The smallest absolute Gasteiger partial charge is 0.319 e. The Labute approximate surface area is 158 Å². The summed E-state index contributed by atoms with van der Waals surface area (Å²) in [6, 6.07) is 6.76. The van der Waals surface area contributed by atoms with E-state index in [2.05, 4.69) is 25.5 Å². The van der Waals surface area contributed by atoms with Crippen molar-refractivity contribution < 1.29 is 14.3 Å². The van der Waals surface area contributed by atoms with E-state index in [9.17, 15) is 4.79 Å². The zero-order chi connectivity index (χ0) is 19.1. The molecule has 0 bridgehead atoms. The van der Waals surface area contributed by atoms with Crippen LogP contribution in [-0.2, 0) is 6.54 Å². The quantitative estimate of drug-likeness (QED) is 0.812. The molecule has 27 heavy (non-hydrogen) atoms. The number of anilines is 2. The van der Waals surface area contributed by atoms with Gasteiger partial charge in [-0.15, -0.1) is 0 Å². The average molecular weight is 371 g/mol. The SMILES string of the molecule is COc1cccc(NC(=O)NCc2ccnc(N3CCCCC3)n2)c1OC. The van der Waals surface area contributed by atoms with Crippen LogP contribution in [0.3, 0.4) is 0 Å². The highest BCUT2D eigenvalue weighted by Crippen LogP contribution is 2.34. The summed E-state index contributed by atoms with van der Waals surface area (Å²) in [4.78, 5) is 23.4. The fourth-order valence-electron chi connectivity index (χ4n) is 3.05. The number of nitrogens with zero attached hydrogens (tertiary/aromatic N) is 3. The van der Waals surface area contributed by atoms with E-state index in [1.807, 2.05) is 0 Å². The number of piperidine rings is 1. The lowest BCUT2D eigenvalue weighted by Crippen LogP contribution is -2.32. The molecule has 8 heteroatoms. The van der Waals surface area contributed by atoms with Crippen molar-refractivity contribution in [2.45, 2.75) is 25.8 Å². The van der Waals surface area contributed by atoms with E-state index in [0.717, 1.165) is 37.6 Å². The van der Waals surface area contributed by atoms with Gasteiger partial charge in [-0.05, 0) is 37.5 Å². The predicted octanol–water partition coefficient (Wildman–Crippen LogP) is 2.81. The second-order valence-electron chi connectivity index (χ2n) is 6.24. The number of aromatic nitrogens is 2. The number of para-hydroxylation sites is 1. The Morgan fingerprint density at radius 1 is 1.15 bits per heavy atom. The Balaban J connectivity index is 1.60. The summed E-state index contributed by atoms with van der Waals surface area (Å²) in [5.74, 6) is 1.76. The number of benzene rings is 1. The monoisotopic (exact) mass is 371 g/mol. The van der Waals surface area contributed by atoms with Gasteiger partial charge in [-0.3, -0.25) is 0 Å². The van der Waals surface area contributed by atoms with Crippen molar-refractivity contribution in [3.8, 4) is 11.5 Å². The molecule has 2 heterocycles. The number of rotatable bonds is 6. The highest BCUT2D eigenvalue weighted by Gasteiger charge is 2.15. The van der Waals surface area contributed by atoms with E-state index in [0.29, 0.717) is 23.7 Å². The number of methoxy groups -OCH3 is 2. The number of carbonyl (C=O) groups excluding carboxylic acids is 1. The first-order chi connectivity index (χ1) is 13.2. The van der Waals surface area contributed by atoms with Gasteiger partial charge in [0.05, 0.1) is 32.1 Å². The van der Waals surface area contributed by atoms with E-state index >= 15 is 0 Å². The van der Waals surface area contributed by atoms with E-state index in [4.69, 9.17) is 9.47 Å². The summed E-state index contributed by atoms with van der Waals surface area (Å²) in [6.45, 7) is 2.27. The normalized spacial score (nSPS) is 13.8. The molecule has 2 N–H and O–H groups in total. The van der Waals surface area contributed by atoms with Crippen LogP contribution in [0.1, 0.15) is 25.0 Å². The van der Waals surface area contributed by atoms with Gasteiger partial charge >= 0.3 is 6.03 Å². The lowest BCUT2D eigenvalue weighted by Gasteiger charge is -2.26. The molecule has 1 aliphatic rings. The summed E-state index contributed by atoms with van der Waals surface area (Å²) >= 11 is 0. The number of hydrogen-bond acceptors (Lipinski definition) is 6. The molecule has 0 aliphatic carbocycles. The van der Waals surface area contributed by atoms with Crippen molar-refractivity contribution in [1.82, 2.24) is 15.3 Å². The second kappa shape index (κ2) is 9.07. The number of amides is 2. The van der Waals surface area contributed by atoms with Crippen LogP contribution in [0.4, 0.5) is 16.4 Å². The summed E-state index contributed by atoms with van der Waals surface area (Å²) in [5.41, 5.74) is 1.30. The molecule has 0 unspecified atom stereocenters. The zero-order valence-corrected chi connectivity index (χ0v) is 15.7. The molecule has 3 rings (SSSR count). The lowest BCUT2D eigenvalue weighted by molar-refractivity contribution is 0.251. The lowest BCUT2D eigenvalue weighted by atomic mass is 10.1. The number of carbonyl (C=O) groups is 1. The maximum atomic E-state index is 12.3. The van der Waals surface area contributed by atoms with Crippen molar-refractivity contribution in [1.29, 1.82) is 0 Å².